The first-order valence-electron chi connectivity index (χ1n) is 10.4. The van der Waals surface area contributed by atoms with Crippen LogP contribution in [-0.2, 0) is 6.54 Å². The number of aryl methyl sites for hydroxylation is 1. The van der Waals surface area contributed by atoms with E-state index < -0.39 is 0 Å². The summed E-state index contributed by atoms with van der Waals surface area (Å²) in [7, 11) is 0. The Morgan fingerprint density at radius 3 is 2.33 bits per heavy atom. The van der Waals surface area contributed by atoms with Gasteiger partial charge in [-0.1, -0.05) is 64.7 Å². The van der Waals surface area contributed by atoms with Crippen molar-refractivity contribution in [3.8, 4) is 0 Å². The smallest absolute Gasteiger partial charge is 0.274 e. The second kappa shape index (κ2) is 10.2. The number of hydrogen-bond acceptors (Lipinski definition) is 3. The van der Waals surface area contributed by atoms with Gasteiger partial charge in [-0.3, -0.25) is 9.59 Å². The van der Waals surface area contributed by atoms with Crippen molar-refractivity contribution >= 4 is 16.7 Å². The van der Waals surface area contributed by atoms with Crippen molar-refractivity contribution in [1.82, 2.24) is 14.7 Å². The Balaban J connectivity index is 2.47. The average Bonchev–Trinajstić information content (AvgIpc) is 2.70. The van der Waals surface area contributed by atoms with E-state index in [1.165, 1.54) is 4.68 Å². The SMILES string of the molecule is CCCCCn1nc(C(=O)N(CC)CC(CC)CC)c2ccccc2c1=O. The highest BCUT2D eigenvalue weighted by Gasteiger charge is 2.22. The van der Waals surface area contributed by atoms with Crippen molar-refractivity contribution in [1.29, 1.82) is 0 Å². The van der Waals surface area contributed by atoms with Gasteiger partial charge in [-0.2, -0.15) is 5.10 Å². The predicted octanol–water partition coefficient (Wildman–Crippen LogP) is 4.49. The van der Waals surface area contributed by atoms with Gasteiger partial charge in [0, 0.05) is 25.0 Å². The summed E-state index contributed by atoms with van der Waals surface area (Å²) in [5, 5.41) is 5.74. The molecule has 1 aromatic heterocycles. The molecule has 0 saturated carbocycles. The van der Waals surface area contributed by atoms with Gasteiger partial charge in [0.15, 0.2) is 5.69 Å². The molecule has 0 saturated heterocycles. The van der Waals surface area contributed by atoms with Gasteiger partial charge in [0.1, 0.15) is 0 Å². The minimum absolute atomic E-state index is 0.0789. The standard InChI is InChI=1S/C22H33N3O2/c1-5-9-12-15-25-21(26)19-14-11-10-13-18(19)20(23-25)22(27)24(8-4)16-17(6-2)7-3/h10-11,13-14,17H,5-9,12,15-16H2,1-4H3. The molecule has 0 fully saturated rings. The van der Waals surface area contributed by atoms with Crippen molar-refractivity contribution < 1.29 is 4.79 Å². The van der Waals surface area contributed by atoms with Crippen LogP contribution in [0.3, 0.4) is 0 Å². The fourth-order valence-electron chi connectivity index (χ4n) is 3.42. The molecule has 0 aliphatic carbocycles. The van der Waals surface area contributed by atoms with Gasteiger partial charge in [-0.15, -0.1) is 0 Å². The first-order chi connectivity index (χ1) is 13.1. The molecular weight excluding hydrogens is 338 g/mol. The molecule has 1 heterocycles. The van der Waals surface area contributed by atoms with Crippen LogP contribution in [0.1, 0.15) is 70.3 Å². The van der Waals surface area contributed by atoms with Gasteiger partial charge in [-0.25, -0.2) is 4.68 Å². The van der Waals surface area contributed by atoms with Crippen molar-refractivity contribution in [2.75, 3.05) is 13.1 Å². The summed E-state index contributed by atoms with van der Waals surface area (Å²) >= 11 is 0. The van der Waals surface area contributed by atoms with Crippen molar-refractivity contribution in [3.05, 3.63) is 40.3 Å². The molecule has 27 heavy (non-hydrogen) atoms. The van der Waals surface area contributed by atoms with E-state index in [1.807, 2.05) is 30.0 Å². The van der Waals surface area contributed by atoms with E-state index >= 15 is 0 Å². The highest BCUT2D eigenvalue weighted by molar-refractivity contribution is 6.04. The minimum atomic E-state index is -0.110. The van der Waals surface area contributed by atoms with Crippen LogP contribution < -0.4 is 5.56 Å². The van der Waals surface area contributed by atoms with Gasteiger partial charge in [0.25, 0.3) is 11.5 Å². The topological polar surface area (TPSA) is 55.2 Å². The van der Waals surface area contributed by atoms with Gasteiger partial charge >= 0.3 is 0 Å². The molecule has 0 N–H and O–H groups in total. The van der Waals surface area contributed by atoms with Crippen LogP contribution in [0.5, 0.6) is 0 Å². The average molecular weight is 372 g/mol. The van der Waals surface area contributed by atoms with Crippen molar-refractivity contribution in [3.63, 3.8) is 0 Å². The van der Waals surface area contributed by atoms with Crippen LogP contribution in [0.4, 0.5) is 0 Å². The Kier molecular flexibility index (Phi) is 8.01. The lowest BCUT2D eigenvalue weighted by atomic mass is 10.0. The van der Waals surface area contributed by atoms with Gasteiger partial charge < -0.3 is 4.90 Å². The van der Waals surface area contributed by atoms with E-state index in [0.717, 1.165) is 38.6 Å². The minimum Gasteiger partial charge on any atom is -0.337 e. The van der Waals surface area contributed by atoms with Crippen LogP contribution in [0.15, 0.2) is 29.1 Å². The molecule has 1 amide bonds. The van der Waals surface area contributed by atoms with Crippen LogP contribution >= 0.6 is 0 Å². The van der Waals surface area contributed by atoms with Crippen LogP contribution in [-0.4, -0.2) is 33.7 Å². The van der Waals surface area contributed by atoms with Crippen molar-refractivity contribution in [2.24, 2.45) is 5.92 Å². The highest BCUT2D eigenvalue weighted by atomic mass is 16.2. The normalized spacial score (nSPS) is 11.3. The Bertz CT molecular complexity index is 809. The number of hydrogen-bond donors (Lipinski definition) is 0. The molecule has 0 bridgehead atoms. The van der Waals surface area contributed by atoms with E-state index in [2.05, 4.69) is 25.9 Å². The number of amides is 1. The summed E-state index contributed by atoms with van der Waals surface area (Å²) in [5.74, 6) is 0.403. The number of fused-ring (bicyclic) bond motifs is 1. The largest absolute Gasteiger partial charge is 0.337 e. The number of aromatic nitrogens is 2. The molecule has 2 rings (SSSR count). The number of unbranched alkanes of at least 4 members (excludes halogenated alkanes) is 2. The zero-order valence-electron chi connectivity index (χ0n) is 17.2. The first kappa shape index (κ1) is 21.1. The highest BCUT2D eigenvalue weighted by Crippen LogP contribution is 2.18. The maximum atomic E-state index is 13.3. The molecule has 0 spiro atoms. The molecule has 2 aromatic rings. The third-order valence-electron chi connectivity index (χ3n) is 5.35. The zero-order valence-corrected chi connectivity index (χ0v) is 17.2. The monoisotopic (exact) mass is 371 g/mol. The third-order valence-corrected chi connectivity index (χ3v) is 5.35. The second-order valence-corrected chi connectivity index (χ2v) is 7.16. The summed E-state index contributed by atoms with van der Waals surface area (Å²) in [6, 6.07) is 7.33. The molecule has 0 unspecified atom stereocenters. The van der Waals surface area contributed by atoms with E-state index in [-0.39, 0.29) is 11.5 Å². The van der Waals surface area contributed by atoms with Crippen LogP contribution in [0.2, 0.25) is 0 Å². The number of carbonyl (C=O) groups excluding carboxylic acids is 1. The summed E-state index contributed by atoms with van der Waals surface area (Å²) in [5.41, 5.74) is 0.288. The van der Waals surface area contributed by atoms with Crippen LogP contribution in [0.25, 0.3) is 10.8 Å². The quantitative estimate of drug-likeness (QED) is 0.578. The lowest BCUT2D eigenvalue weighted by molar-refractivity contribution is 0.0728. The molecule has 5 nitrogen and oxygen atoms in total. The molecule has 0 atom stereocenters. The summed E-state index contributed by atoms with van der Waals surface area (Å²) < 4.78 is 1.48. The van der Waals surface area contributed by atoms with E-state index in [1.54, 1.807) is 6.07 Å². The van der Waals surface area contributed by atoms with E-state index in [9.17, 15) is 9.59 Å². The zero-order chi connectivity index (χ0) is 19.8. The fraction of sp³-hybridized carbons (Fsp3) is 0.591. The first-order valence-corrected chi connectivity index (χ1v) is 10.4. The molecule has 1 aromatic carbocycles. The van der Waals surface area contributed by atoms with Gasteiger partial charge in [0.2, 0.25) is 0 Å². The molecule has 148 valence electrons. The lowest BCUT2D eigenvalue weighted by Crippen LogP contribution is -2.37. The number of benzene rings is 1. The molecule has 0 aliphatic heterocycles. The van der Waals surface area contributed by atoms with Gasteiger partial charge in [-0.05, 0) is 25.3 Å². The Morgan fingerprint density at radius 2 is 1.74 bits per heavy atom. The van der Waals surface area contributed by atoms with E-state index in [4.69, 9.17) is 0 Å². The Hall–Kier alpha value is -2.17. The number of nitrogens with zero attached hydrogens (tertiary/aromatic N) is 3. The third kappa shape index (κ3) is 4.96. The second-order valence-electron chi connectivity index (χ2n) is 7.16. The van der Waals surface area contributed by atoms with Gasteiger partial charge in [0.05, 0.1) is 5.39 Å². The fourth-order valence-corrected chi connectivity index (χ4v) is 3.42. The number of rotatable bonds is 10. The predicted molar refractivity (Wildman–Crippen MR) is 111 cm³/mol. The maximum absolute atomic E-state index is 13.3. The number of carbonyl (C=O) groups is 1. The summed E-state index contributed by atoms with van der Waals surface area (Å²) in [4.78, 5) is 27.9. The summed E-state index contributed by atoms with van der Waals surface area (Å²) in [6.07, 6.45) is 5.10. The van der Waals surface area contributed by atoms with Crippen LogP contribution in [0, 0.1) is 5.92 Å². The Labute approximate surface area is 162 Å². The lowest BCUT2D eigenvalue weighted by Gasteiger charge is -2.25. The molecule has 5 heteroatoms. The molecular formula is C22H33N3O2. The maximum Gasteiger partial charge on any atom is 0.274 e. The Morgan fingerprint density at radius 1 is 1.07 bits per heavy atom. The van der Waals surface area contributed by atoms with Crippen molar-refractivity contribution in [2.45, 2.75) is 66.3 Å². The van der Waals surface area contributed by atoms with E-state index in [0.29, 0.717) is 35.5 Å². The molecule has 0 aliphatic rings. The molecule has 0 radical (unpaired) electrons. The summed E-state index contributed by atoms with van der Waals surface area (Å²) in [6.45, 7) is 10.4.